The van der Waals surface area contributed by atoms with Gasteiger partial charge in [-0.25, -0.2) is 0 Å². The van der Waals surface area contributed by atoms with E-state index in [0.717, 1.165) is 30.8 Å². The Hall–Kier alpha value is -3.17. The van der Waals surface area contributed by atoms with Crippen molar-refractivity contribution in [2.24, 2.45) is 0 Å². The van der Waals surface area contributed by atoms with Crippen molar-refractivity contribution in [1.82, 2.24) is 9.80 Å². The molecule has 0 N–H and O–H groups in total. The normalized spacial score (nSPS) is 15.0. The van der Waals surface area contributed by atoms with E-state index in [4.69, 9.17) is 21.6 Å². The monoisotopic (exact) mass is 473 g/mol. The van der Waals surface area contributed by atoms with E-state index in [9.17, 15) is 4.79 Å². The second kappa shape index (κ2) is 11.3. The third kappa shape index (κ3) is 6.24. The first-order valence-corrected chi connectivity index (χ1v) is 11.8. The molecule has 1 unspecified atom stereocenters. The van der Waals surface area contributed by atoms with Crippen LogP contribution in [-0.2, 0) is 11.3 Å². The lowest BCUT2D eigenvalue weighted by molar-refractivity contribution is 0.00341. The van der Waals surface area contributed by atoms with Crippen LogP contribution in [0.5, 0.6) is 0 Å². The molecule has 4 rings (SSSR count). The maximum Gasteiger partial charge on any atom is 0.253 e. The van der Waals surface area contributed by atoms with Crippen LogP contribution in [0, 0.1) is 18.3 Å². The zero-order valence-electron chi connectivity index (χ0n) is 19.3. The highest BCUT2D eigenvalue weighted by molar-refractivity contribution is 6.30. The molecular weight excluding hydrogens is 446 g/mol. The summed E-state index contributed by atoms with van der Waals surface area (Å²) in [6, 6.07) is 25.2. The molecule has 0 saturated carbocycles. The van der Waals surface area contributed by atoms with Gasteiger partial charge in [0.2, 0.25) is 0 Å². The van der Waals surface area contributed by atoms with Crippen molar-refractivity contribution in [3.8, 4) is 6.07 Å². The number of nitrogens with zero attached hydrogens (tertiary/aromatic N) is 3. The van der Waals surface area contributed by atoms with E-state index in [2.05, 4.69) is 36.1 Å². The number of nitriles is 1. The fourth-order valence-corrected chi connectivity index (χ4v) is 4.33. The van der Waals surface area contributed by atoms with Gasteiger partial charge < -0.3 is 9.64 Å². The van der Waals surface area contributed by atoms with Gasteiger partial charge in [0.15, 0.2) is 0 Å². The van der Waals surface area contributed by atoms with E-state index in [1.54, 1.807) is 24.3 Å². The molecule has 34 heavy (non-hydrogen) atoms. The predicted molar refractivity (Wildman–Crippen MR) is 134 cm³/mol. The van der Waals surface area contributed by atoms with E-state index in [0.29, 0.717) is 35.8 Å². The molecule has 1 amide bonds. The van der Waals surface area contributed by atoms with Gasteiger partial charge in [0.1, 0.15) is 0 Å². The van der Waals surface area contributed by atoms with E-state index in [1.165, 1.54) is 5.56 Å². The lowest BCUT2D eigenvalue weighted by atomic mass is 10.1. The number of halogens is 1. The Morgan fingerprint density at radius 3 is 2.47 bits per heavy atom. The fraction of sp³-hybridized carbons (Fsp3) is 0.286. The zero-order chi connectivity index (χ0) is 23.9. The van der Waals surface area contributed by atoms with Gasteiger partial charge in [0.05, 0.1) is 24.3 Å². The Bertz CT molecular complexity index is 1160. The molecule has 0 radical (unpaired) electrons. The Labute approximate surface area is 206 Å². The summed E-state index contributed by atoms with van der Waals surface area (Å²) in [5.41, 5.74) is 4.51. The van der Waals surface area contributed by atoms with Crippen LogP contribution < -0.4 is 0 Å². The van der Waals surface area contributed by atoms with E-state index < -0.39 is 0 Å². The van der Waals surface area contributed by atoms with Gasteiger partial charge in [0, 0.05) is 43.3 Å². The highest BCUT2D eigenvalue weighted by Crippen LogP contribution is 2.24. The minimum absolute atomic E-state index is 0.0262. The lowest BCUT2D eigenvalue weighted by Crippen LogP contribution is -2.49. The number of carbonyl (C=O) groups is 1. The summed E-state index contributed by atoms with van der Waals surface area (Å²) in [7, 11) is 0. The summed E-state index contributed by atoms with van der Waals surface area (Å²) < 4.78 is 6.39. The first kappa shape index (κ1) is 24.0. The Morgan fingerprint density at radius 1 is 1.03 bits per heavy atom. The SMILES string of the molecule is Cc1cccc(COC(CN2CCN(C(=O)c3cccc(C#N)c3)CC2)c2ccc(Cl)cc2)c1. The minimum Gasteiger partial charge on any atom is -0.368 e. The molecule has 0 aliphatic carbocycles. The van der Waals surface area contributed by atoms with Crippen LogP contribution >= 0.6 is 11.6 Å². The van der Waals surface area contributed by atoms with Gasteiger partial charge in [0.25, 0.3) is 5.91 Å². The number of hydrogen-bond donors (Lipinski definition) is 0. The molecule has 1 saturated heterocycles. The first-order chi connectivity index (χ1) is 16.5. The molecule has 0 aromatic heterocycles. The highest BCUT2D eigenvalue weighted by atomic mass is 35.5. The molecule has 3 aromatic rings. The van der Waals surface area contributed by atoms with E-state index >= 15 is 0 Å². The minimum atomic E-state index is -0.104. The molecule has 0 bridgehead atoms. The second-order valence-electron chi connectivity index (χ2n) is 8.63. The number of rotatable bonds is 7. The summed E-state index contributed by atoms with van der Waals surface area (Å²) in [4.78, 5) is 17.1. The van der Waals surface area contributed by atoms with Crippen LogP contribution in [0.3, 0.4) is 0 Å². The molecule has 3 aromatic carbocycles. The van der Waals surface area contributed by atoms with Crippen LogP contribution in [0.4, 0.5) is 0 Å². The highest BCUT2D eigenvalue weighted by Gasteiger charge is 2.25. The third-order valence-corrected chi connectivity index (χ3v) is 6.35. The summed E-state index contributed by atoms with van der Waals surface area (Å²) in [5.74, 6) is -0.0262. The molecule has 1 fully saturated rings. The van der Waals surface area contributed by atoms with Gasteiger partial charge in [-0.2, -0.15) is 5.26 Å². The van der Waals surface area contributed by atoms with E-state index in [1.807, 2.05) is 35.2 Å². The zero-order valence-corrected chi connectivity index (χ0v) is 20.0. The molecule has 1 aliphatic heterocycles. The van der Waals surface area contributed by atoms with Crippen molar-refractivity contribution < 1.29 is 9.53 Å². The van der Waals surface area contributed by atoms with Gasteiger partial charge in [-0.3, -0.25) is 9.69 Å². The number of benzene rings is 3. The first-order valence-electron chi connectivity index (χ1n) is 11.5. The Kier molecular flexibility index (Phi) is 7.97. The number of aryl methyl sites for hydroxylation is 1. The summed E-state index contributed by atoms with van der Waals surface area (Å²) in [6.07, 6.45) is -0.104. The number of carbonyl (C=O) groups excluding carboxylic acids is 1. The van der Waals surface area contributed by atoms with Crippen LogP contribution in [0.25, 0.3) is 0 Å². The molecule has 0 spiro atoms. The molecule has 174 valence electrons. The average Bonchev–Trinajstić information content (AvgIpc) is 2.87. The van der Waals surface area contributed by atoms with Crippen LogP contribution in [0.1, 0.15) is 38.7 Å². The molecule has 1 aliphatic rings. The standard InChI is InChI=1S/C28H28ClN3O2/c1-21-4-2-6-23(16-21)20-34-27(24-8-10-26(29)11-9-24)19-31-12-14-32(15-13-31)28(33)25-7-3-5-22(17-25)18-30/h2-11,16-17,27H,12-15,19-20H2,1H3. The molecular formula is C28H28ClN3O2. The van der Waals surface area contributed by atoms with Crippen molar-refractivity contribution in [1.29, 1.82) is 5.26 Å². The quantitative estimate of drug-likeness (QED) is 0.471. The number of hydrogen-bond acceptors (Lipinski definition) is 4. The van der Waals surface area contributed by atoms with Gasteiger partial charge >= 0.3 is 0 Å². The molecule has 1 heterocycles. The summed E-state index contributed by atoms with van der Waals surface area (Å²) in [5, 5.41) is 9.81. The van der Waals surface area contributed by atoms with Gasteiger partial charge in [-0.15, -0.1) is 0 Å². The lowest BCUT2D eigenvalue weighted by Gasteiger charge is -2.36. The van der Waals surface area contributed by atoms with Gasteiger partial charge in [-0.1, -0.05) is 59.6 Å². The third-order valence-electron chi connectivity index (χ3n) is 6.10. The smallest absolute Gasteiger partial charge is 0.253 e. The molecule has 5 nitrogen and oxygen atoms in total. The van der Waals surface area contributed by atoms with Crippen molar-refractivity contribution in [3.05, 3.63) is 106 Å². The van der Waals surface area contributed by atoms with E-state index in [-0.39, 0.29) is 12.0 Å². The predicted octanol–water partition coefficient (Wildman–Crippen LogP) is 5.24. The van der Waals surface area contributed by atoms with Crippen molar-refractivity contribution in [2.45, 2.75) is 19.6 Å². The average molecular weight is 474 g/mol. The van der Waals surface area contributed by atoms with Crippen molar-refractivity contribution in [3.63, 3.8) is 0 Å². The Morgan fingerprint density at radius 2 is 1.76 bits per heavy atom. The fourth-order valence-electron chi connectivity index (χ4n) is 4.20. The number of amides is 1. The number of piperazine rings is 1. The maximum absolute atomic E-state index is 12.9. The van der Waals surface area contributed by atoms with Gasteiger partial charge in [-0.05, 0) is 48.4 Å². The summed E-state index contributed by atoms with van der Waals surface area (Å²) >= 11 is 6.11. The summed E-state index contributed by atoms with van der Waals surface area (Å²) in [6.45, 7) is 6.16. The Balaban J connectivity index is 1.39. The van der Waals surface area contributed by atoms with Crippen LogP contribution in [0.15, 0.2) is 72.8 Å². The second-order valence-corrected chi connectivity index (χ2v) is 9.06. The van der Waals surface area contributed by atoms with Crippen molar-refractivity contribution in [2.75, 3.05) is 32.7 Å². The van der Waals surface area contributed by atoms with Crippen LogP contribution in [0.2, 0.25) is 5.02 Å². The number of ether oxygens (including phenoxy) is 1. The topological polar surface area (TPSA) is 56.6 Å². The van der Waals surface area contributed by atoms with Crippen LogP contribution in [-0.4, -0.2) is 48.4 Å². The van der Waals surface area contributed by atoms with Crippen molar-refractivity contribution >= 4 is 17.5 Å². The molecule has 1 atom stereocenters. The molecule has 6 heteroatoms. The maximum atomic E-state index is 12.9. The largest absolute Gasteiger partial charge is 0.368 e.